The number of rotatable bonds is 2. The van der Waals surface area contributed by atoms with Crippen LogP contribution >= 0.6 is 15.9 Å². The quantitative estimate of drug-likeness (QED) is 0.838. The predicted octanol–water partition coefficient (Wildman–Crippen LogP) is 3.18. The van der Waals surface area contributed by atoms with Crippen molar-refractivity contribution in [3.63, 3.8) is 0 Å². The number of halogens is 1. The third-order valence-electron chi connectivity index (χ3n) is 4.01. The zero-order chi connectivity index (χ0) is 14.0. The summed E-state index contributed by atoms with van der Waals surface area (Å²) in [5.41, 5.74) is 2.56. The molecular formula is C15H20BrN3. The van der Waals surface area contributed by atoms with Crippen molar-refractivity contribution >= 4 is 21.6 Å². The number of nitriles is 1. The van der Waals surface area contributed by atoms with Crippen LogP contribution in [0.15, 0.2) is 22.7 Å². The van der Waals surface area contributed by atoms with E-state index in [9.17, 15) is 0 Å². The summed E-state index contributed by atoms with van der Waals surface area (Å²) in [6.45, 7) is 6.31. The fraction of sp³-hybridized carbons (Fsp3) is 0.533. The first-order valence-electron chi connectivity index (χ1n) is 6.63. The molecule has 0 spiro atoms. The molecule has 0 radical (unpaired) electrons. The van der Waals surface area contributed by atoms with E-state index < -0.39 is 0 Å². The molecule has 1 aromatic carbocycles. The Balaban J connectivity index is 2.23. The Labute approximate surface area is 123 Å². The molecular weight excluding hydrogens is 302 g/mol. The van der Waals surface area contributed by atoms with E-state index in [1.807, 2.05) is 0 Å². The van der Waals surface area contributed by atoms with Crippen LogP contribution in [0.5, 0.6) is 0 Å². The molecule has 1 aliphatic rings. The van der Waals surface area contributed by atoms with Crippen molar-refractivity contribution in [2.45, 2.75) is 32.4 Å². The van der Waals surface area contributed by atoms with E-state index in [0.717, 1.165) is 17.6 Å². The van der Waals surface area contributed by atoms with Gasteiger partial charge in [-0.15, -0.1) is 0 Å². The van der Waals surface area contributed by atoms with Gasteiger partial charge in [-0.2, -0.15) is 5.26 Å². The summed E-state index contributed by atoms with van der Waals surface area (Å²) in [5, 5.41) is 8.97. The molecule has 0 N–H and O–H groups in total. The number of benzene rings is 1. The second-order valence-corrected chi connectivity index (χ2v) is 6.28. The Morgan fingerprint density at radius 1 is 1.42 bits per heavy atom. The van der Waals surface area contributed by atoms with Gasteiger partial charge in [-0.25, -0.2) is 0 Å². The van der Waals surface area contributed by atoms with E-state index in [2.05, 4.69) is 70.9 Å². The summed E-state index contributed by atoms with van der Waals surface area (Å²) in [7, 11) is 2.12. The molecule has 1 heterocycles. The van der Waals surface area contributed by atoms with Crippen LogP contribution in [-0.4, -0.2) is 37.1 Å². The lowest BCUT2D eigenvalue weighted by Crippen LogP contribution is -2.56. The van der Waals surface area contributed by atoms with Crippen molar-refractivity contribution in [1.29, 1.82) is 5.26 Å². The van der Waals surface area contributed by atoms with Crippen molar-refractivity contribution in [1.82, 2.24) is 4.90 Å². The van der Waals surface area contributed by atoms with E-state index in [-0.39, 0.29) is 0 Å². The van der Waals surface area contributed by atoms with Gasteiger partial charge in [0, 0.05) is 35.3 Å². The lowest BCUT2D eigenvalue weighted by molar-refractivity contribution is 0.160. The van der Waals surface area contributed by atoms with E-state index >= 15 is 0 Å². The first-order chi connectivity index (χ1) is 9.02. The molecule has 19 heavy (non-hydrogen) atoms. The normalized spacial score (nSPS) is 24.3. The molecule has 102 valence electrons. The number of likely N-dealkylation sites (N-methyl/N-ethyl adjacent to an activating group) is 1. The van der Waals surface area contributed by atoms with Crippen LogP contribution < -0.4 is 4.90 Å². The zero-order valence-corrected chi connectivity index (χ0v) is 13.3. The molecule has 1 aromatic rings. The molecule has 1 fully saturated rings. The van der Waals surface area contributed by atoms with E-state index in [1.54, 1.807) is 0 Å². The smallest absolute Gasteiger partial charge is 0.0638 e. The molecule has 0 saturated carbocycles. The van der Waals surface area contributed by atoms with Crippen LogP contribution in [0, 0.1) is 18.3 Å². The van der Waals surface area contributed by atoms with Gasteiger partial charge < -0.3 is 4.90 Å². The molecule has 2 unspecified atom stereocenters. The molecule has 0 aromatic heterocycles. The van der Waals surface area contributed by atoms with E-state index in [1.165, 1.54) is 11.3 Å². The molecule has 3 nitrogen and oxygen atoms in total. The minimum atomic E-state index is 0.316. The van der Waals surface area contributed by atoms with Crippen LogP contribution in [0.3, 0.4) is 0 Å². The second-order valence-electron chi connectivity index (χ2n) is 5.37. The number of nitrogens with zero attached hydrogens (tertiary/aromatic N) is 3. The number of piperazine rings is 1. The molecule has 0 amide bonds. The summed E-state index contributed by atoms with van der Waals surface area (Å²) in [6.07, 6.45) is 0.590. The largest absolute Gasteiger partial charge is 0.368 e. The molecule has 0 bridgehead atoms. The SMILES string of the molecule is Cc1cc(Br)ccc1N1CC(C)N(C)C(CC#N)C1. The van der Waals surface area contributed by atoms with Gasteiger partial charge in [-0.1, -0.05) is 15.9 Å². The minimum absolute atomic E-state index is 0.316. The Bertz CT molecular complexity index is 495. The average Bonchev–Trinajstić information content (AvgIpc) is 2.35. The lowest BCUT2D eigenvalue weighted by Gasteiger charge is -2.44. The standard InChI is InChI=1S/C15H20BrN3/c1-11-8-13(16)4-5-15(11)19-9-12(2)18(3)14(10-19)6-7-17/h4-5,8,12,14H,6,9-10H2,1-3H3. The summed E-state index contributed by atoms with van der Waals surface area (Å²) in [5.74, 6) is 0. The Morgan fingerprint density at radius 3 is 2.79 bits per heavy atom. The Morgan fingerprint density at radius 2 is 2.16 bits per heavy atom. The summed E-state index contributed by atoms with van der Waals surface area (Å²) >= 11 is 3.51. The third-order valence-corrected chi connectivity index (χ3v) is 4.51. The highest BCUT2D eigenvalue weighted by Crippen LogP contribution is 2.27. The van der Waals surface area contributed by atoms with Crippen LogP contribution in [0.2, 0.25) is 0 Å². The number of hydrogen-bond acceptors (Lipinski definition) is 3. The highest BCUT2D eigenvalue weighted by Gasteiger charge is 2.29. The van der Waals surface area contributed by atoms with Crippen molar-refractivity contribution < 1.29 is 0 Å². The number of hydrogen-bond donors (Lipinski definition) is 0. The van der Waals surface area contributed by atoms with Crippen LogP contribution in [0.1, 0.15) is 18.9 Å². The molecule has 1 saturated heterocycles. The van der Waals surface area contributed by atoms with Gasteiger partial charge in [-0.05, 0) is 44.7 Å². The van der Waals surface area contributed by atoms with Crippen molar-refractivity contribution in [2.75, 3.05) is 25.0 Å². The van der Waals surface area contributed by atoms with Gasteiger partial charge >= 0.3 is 0 Å². The van der Waals surface area contributed by atoms with Crippen molar-refractivity contribution in [3.05, 3.63) is 28.2 Å². The van der Waals surface area contributed by atoms with Crippen LogP contribution in [0.25, 0.3) is 0 Å². The first kappa shape index (κ1) is 14.4. The molecule has 1 aliphatic heterocycles. The van der Waals surface area contributed by atoms with Gasteiger partial charge in [0.15, 0.2) is 0 Å². The summed E-state index contributed by atoms with van der Waals surface area (Å²) in [4.78, 5) is 4.74. The molecule has 0 aliphatic carbocycles. The Kier molecular flexibility index (Phi) is 4.49. The highest BCUT2D eigenvalue weighted by atomic mass is 79.9. The maximum absolute atomic E-state index is 8.97. The zero-order valence-electron chi connectivity index (χ0n) is 11.7. The van der Waals surface area contributed by atoms with Gasteiger partial charge in [0.2, 0.25) is 0 Å². The molecule has 4 heteroatoms. The van der Waals surface area contributed by atoms with Gasteiger partial charge in [0.1, 0.15) is 0 Å². The molecule has 2 rings (SSSR count). The number of aryl methyl sites for hydroxylation is 1. The maximum atomic E-state index is 8.97. The van der Waals surface area contributed by atoms with Gasteiger partial charge in [0.25, 0.3) is 0 Å². The summed E-state index contributed by atoms with van der Waals surface area (Å²) < 4.78 is 1.12. The van der Waals surface area contributed by atoms with Crippen molar-refractivity contribution in [3.8, 4) is 6.07 Å². The maximum Gasteiger partial charge on any atom is 0.0638 e. The van der Waals surface area contributed by atoms with Crippen LogP contribution in [0.4, 0.5) is 5.69 Å². The molecule has 2 atom stereocenters. The topological polar surface area (TPSA) is 30.3 Å². The van der Waals surface area contributed by atoms with E-state index in [0.29, 0.717) is 18.5 Å². The third kappa shape index (κ3) is 3.10. The van der Waals surface area contributed by atoms with Gasteiger partial charge in [0.05, 0.1) is 12.5 Å². The minimum Gasteiger partial charge on any atom is -0.368 e. The second kappa shape index (κ2) is 5.94. The van der Waals surface area contributed by atoms with Crippen molar-refractivity contribution in [2.24, 2.45) is 0 Å². The average molecular weight is 322 g/mol. The lowest BCUT2D eigenvalue weighted by atomic mass is 10.0. The monoisotopic (exact) mass is 321 g/mol. The Hall–Kier alpha value is -1.05. The van der Waals surface area contributed by atoms with E-state index in [4.69, 9.17) is 5.26 Å². The first-order valence-corrected chi connectivity index (χ1v) is 7.42. The van der Waals surface area contributed by atoms with Gasteiger partial charge in [-0.3, -0.25) is 4.90 Å². The fourth-order valence-electron chi connectivity index (χ4n) is 2.75. The highest BCUT2D eigenvalue weighted by molar-refractivity contribution is 9.10. The number of anilines is 1. The predicted molar refractivity (Wildman–Crippen MR) is 82.3 cm³/mol. The van der Waals surface area contributed by atoms with Crippen LogP contribution in [-0.2, 0) is 0 Å². The summed E-state index contributed by atoms with van der Waals surface area (Å²) in [6, 6.07) is 9.50. The fourth-order valence-corrected chi connectivity index (χ4v) is 3.23.